The van der Waals surface area contributed by atoms with Gasteiger partial charge in [-0.05, 0) is 46.0 Å². The van der Waals surface area contributed by atoms with Gasteiger partial charge in [0.2, 0.25) is 5.71 Å². The first-order valence-electron chi connectivity index (χ1n) is 10.1. The first kappa shape index (κ1) is 17.2. The van der Waals surface area contributed by atoms with Crippen LogP contribution in [-0.4, -0.2) is 9.97 Å². The summed E-state index contributed by atoms with van der Waals surface area (Å²) < 4.78 is 11.8. The molecule has 4 nitrogen and oxygen atoms in total. The highest BCUT2D eigenvalue weighted by Crippen LogP contribution is 2.40. The molecule has 4 heteroatoms. The standard InChI is InChI=1S/C26H20N2O2/c1-26(2,3)20-13-17(12-16-6-4-5-7-18(16)20)22-21-19-9-8-15-10-11-29-23(15)24(19)30-25(21)28-14-27-22/h4-14H,1-3H3. The lowest BCUT2D eigenvalue weighted by Crippen LogP contribution is -2.12. The molecule has 3 heterocycles. The quantitative estimate of drug-likeness (QED) is 0.296. The number of rotatable bonds is 1. The molecule has 0 aliphatic heterocycles. The van der Waals surface area contributed by atoms with Crippen LogP contribution in [0.1, 0.15) is 26.3 Å². The van der Waals surface area contributed by atoms with Crippen LogP contribution in [0.25, 0.3) is 55.1 Å². The van der Waals surface area contributed by atoms with E-state index in [4.69, 9.17) is 13.8 Å². The summed E-state index contributed by atoms with van der Waals surface area (Å²) >= 11 is 0. The number of aromatic nitrogens is 2. The third-order valence-corrected chi connectivity index (χ3v) is 5.80. The molecule has 6 rings (SSSR count). The SMILES string of the molecule is CC(C)(C)c1cc(-c2ncnc3oc4c(ccc5ccoc54)c23)cc2ccccc12. The van der Waals surface area contributed by atoms with Crippen LogP contribution in [0.15, 0.2) is 76.0 Å². The van der Waals surface area contributed by atoms with Crippen LogP contribution in [0.2, 0.25) is 0 Å². The Labute approximate surface area is 173 Å². The minimum atomic E-state index is 0.000551. The Hall–Kier alpha value is -3.66. The van der Waals surface area contributed by atoms with Crippen LogP contribution in [0.3, 0.4) is 0 Å². The fourth-order valence-electron chi connectivity index (χ4n) is 4.38. The summed E-state index contributed by atoms with van der Waals surface area (Å²) in [6, 6.07) is 19.0. The third kappa shape index (κ3) is 2.40. The molecule has 0 spiro atoms. The fourth-order valence-corrected chi connectivity index (χ4v) is 4.38. The van der Waals surface area contributed by atoms with Crippen molar-refractivity contribution >= 4 is 43.8 Å². The van der Waals surface area contributed by atoms with Crippen molar-refractivity contribution in [3.05, 3.63) is 72.8 Å². The van der Waals surface area contributed by atoms with Gasteiger partial charge in [-0.2, -0.15) is 0 Å². The van der Waals surface area contributed by atoms with Gasteiger partial charge in [-0.25, -0.2) is 9.97 Å². The Bertz CT molecular complexity index is 1580. The minimum Gasteiger partial charge on any atom is -0.460 e. The van der Waals surface area contributed by atoms with Crippen molar-refractivity contribution in [2.45, 2.75) is 26.2 Å². The number of nitrogens with zero attached hydrogens (tertiary/aromatic N) is 2. The summed E-state index contributed by atoms with van der Waals surface area (Å²) in [5.41, 5.74) is 5.26. The molecule has 3 aromatic heterocycles. The van der Waals surface area contributed by atoms with Gasteiger partial charge in [0.05, 0.1) is 17.3 Å². The molecule has 0 aliphatic rings. The van der Waals surface area contributed by atoms with Gasteiger partial charge in [-0.3, -0.25) is 0 Å². The highest BCUT2D eigenvalue weighted by molar-refractivity contribution is 6.16. The van der Waals surface area contributed by atoms with Gasteiger partial charge in [-0.15, -0.1) is 0 Å². The Balaban J connectivity index is 1.73. The highest BCUT2D eigenvalue weighted by Gasteiger charge is 2.22. The van der Waals surface area contributed by atoms with E-state index in [1.807, 2.05) is 12.1 Å². The van der Waals surface area contributed by atoms with Crippen LogP contribution < -0.4 is 0 Å². The van der Waals surface area contributed by atoms with E-state index < -0.39 is 0 Å². The van der Waals surface area contributed by atoms with Gasteiger partial charge in [0.1, 0.15) is 6.33 Å². The van der Waals surface area contributed by atoms with E-state index in [-0.39, 0.29) is 5.41 Å². The van der Waals surface area contributed by atoms with E-state index in [2.05, 4.69) is 68.2 Å². The molecule has 146 valence electrons. The predicted octanol–water partition coefficient (Wildman–Crippen LogP) is 7.24. The summed E-state index contributed by atoms with van der Waals surface area (Å²) in [4.78, 5) is 9.11. The van der Waals surface area contributed by atoms with Gasteiger partial charge in [0.25, 0.3) is 0 Å². The second-order valence-electron chi connectivity index (χ2n) is 8.78. The fraction of sp³-hybridized carbons (Fsp3) is 0.154. The maximum absolute atomic E-state index is 6.13. The summed E-state index contributed by atoms with van der Waals surface area (Å²) in [6.07, 6.45) is 3.26. The Morgan fingerprint density at radius 3 is 2.53 bits per heavy atom. The largest absolute Gasteiger partial charge is 0.460 e. The summed E-state index contributed by atoms with van der Waals surface area (Å²) in [5, 5.41) is 5.37. The lowest BCUT2D eigenvalue weighted by Gasteiger charge is -2.22. The second kappa shape index (κ2) is 5.92. The van der Waals surface area contributed by atoms with Crippen molar-refractivity contribution in [3.63, 3.8) is 0 Å². The first-order valence-corrected chi connectivity index (χ1v) is 10.1. The normalized spacial score (nSPS) is 12.5. The zero-order chi connectivity index (χ0) is 20.5. The molecule has 0 atom stereocenters. The Morgan fingerprint density at radius 1 is 0.800 bits per heavy atom. The molecular weight excluding hydrogens is 372 g/mol. The van der Waals surface area contributed by atoms with Crippen molar-refractivity contribution in [3.8, 4) is 11.3 Å². The lowest BCUT2D eigenvalue weighted by atomic mass is 9.82. The molecular formula is C26H20N2O2. The zero-order valence-electron chi connectivity index (χ0n) is 17.1. The van der Waals surface area contributed by atoms with Crippen molar-refractivity contribution in [1.82, 2.24) is 9.97 Å². The molecule has 0 saturated heterocycles. The van der Waals surface area contributed by atoms with E-state index in [1.54, 1.807) is 12.6 Å². The van der Waals surface area contributed by atoms with Crippen LogP contribution in [0, 0.1) is 0 Å². The third-order valence-electron chi connectivity index (χ3n) is 5.80. The minimum absolute atomic E-state index is 0.000551. The van der Waals surface area contributed by atoms with Crippen molar-refractivity contribution in [2.24, 2.45) is 0 Å². The maximum atomic E-state index is 6.13. The highest BCUT2D eigenvalue weighted by atomic mass is 16.4. The molecule has 0 N–H and O–H groups in total. The number of furan rings is 2. The van der Waals surface area contributed by atoms with Crippen LogP contribution >= 0.6 is 0 Å². The summed E-state index contributed by atoms with van der Waals surface area (Å²) in [5.74, 6) is 0. The molecule has 3 aromatic carbocycles. The zero-order valence-corrected chi connectivity index (χ0v) is 17.1. The van der Waals surface area contributed by atoms with Crippen molar-refractivity contribution in [2.75, 3.05) is 0 Å². The maximum Gasteiger partial charge on any atom is 0.231 e. The second-order valence-corrected chi connectivity index (χ2v) is 8.78. The van der Waals surface area contributed by atoms with Gasteiger partial charge < -0.3 is 8.83 Å². The number of fused-ring (bicyclic) bond motifs is 6. The number of hydrogen-bond donors (Lipinski definition) is 0. The molecule has 0 bridgehead atoms. The Morgan fingerprint density at radius 2 is 1.67 bits per heavy atom. The molecule has 0 radical (unpaired) electrons. The molecule has 0 unspecified atom stereocenters. The van der Waals surface area contributed by atoms with E-state index in [0.717, 1.165) is 33.0 Å². The van der Waals surface area contributed by atoms with Crippen LogP contribution in [0.5, 0.6) is 0 Å². The van der Waals surface area contributed by atoms with Gasteiger partial charge in [0.15, 0.2) is 11.2 Å². The number of benzene rings is 3. The average Bonchev–Trinajstić information content (AvgIpc) is 3.36. The monoisotopic (exact) mass is 392 g/mol. The van der Waals surface area contributed by atoms with Crippen LogP contribution in [-0.2, 0) is 5.41 Å². The van der Waals surface area contributed by atoms with Gasteiger partial charge >= 0.3 is 0 Å². The van der Waals surface area contributed by atoms with E-state index in [9.17, 15) is 0 Å². The molecule has 30 heavy (non-hydrogen) atoms. The molecule has 0 amide bonds. The van der Waals surface area contributed by atoms with Crippen molar-refractivity contribution < 1.29 is 8.83 Å². The van der Waals surface area contributed by atoms with E-state index >= 15 is 0 Å². The predicted molar refractivity (Wildman–Crippen MR) is 121 cm³/mol. The Kier molecular flexibility index (Phi) is 3.40. The first-order chi connectivity index (χ1) is 14.5. The summed E-state index contributed by atoms with van der Waals surface area (Å²) in [7, 11) is 0. The lowest BCUT2D eigenvalue weighted by molar-refractivity contribution is 0.596. The summed E-state index contributed by atoms with van der Waals surface area (Å²) in [6.45, 7) is 6.74. The molecule has 0 saturated carbocycles. The van der Waals surface area contributed by atoms with E-state index in [1.165, 1.54) is 16.3 Å². The average molecular weight is 392 g/mol. The van der Waals surface area contributed by atoms with E-state index in [0.29, 0.717) is 11.3 Å². The number of hydrogen-bond acceptors (Lipinski definition) is 4. The smallest absolute Gasteiger partial charge is 0.231 e. The topological polar surface area (TPSA) is 52.1 Å². The van der Waals surface area contributed by atoms with Gasteiger partial charge in [-0.1, -0.05) is 51.1 Å². The van der Waals surface area contributed by atoms with Crippen molar-refractivity contribution in [1.29, 1.82) is 0 Å². The molecule has 0 fully saturated rings. The molecule has 0 aliphatic carbocycles. The van der Waals surface area contributed by atoms with Crippen LogP contribution in [0.4, 0.5) is 0 Å². The molecule has 6 aromatic rings. The van der Waals surface area contributed by atoms with Gasteiger partial charge in [0, 0.05) is 16.3 Å².